The Balaban J connectivity index is 1.90. The molecule has 5 nitrogen and oxygen atoms in total. The van der Waals surface area contributed by atoms with Gasteiger partial charge in [0.15, 0.2) is 12.2 Å². The van der Waals surface area contributed by atoms with Crippen molar-refractivity contribution in [3.8, 4) is 5.75 Å². The molecule has 2 atom stereocenters. The Morgan fingerprint density at radius 3 is 2.31 bits per heavy atom. The third-order valence-electron chi connectivity index (χ3n) is 3.31. The van der Waals surface area contributed by atoms with E-state index in [0.717, 1.165) is 0 Å². The van der Waals surface area contributed by atoms with Gasteiger partial charge in [-0.05, 0) is 56.3 Å². The van der Waals surface area contributed by atoms with Crippen molar-refractivity contribution in [2.24, 2.45) is 0 Å². The Hall–Kier alpha value is -2.31. The summed E-state index contributed by atoms with van der Waals surface area (Å²) < 4.78 is 23.3. The van der Waals surface area contributed by atoms with Crippen molar-refractivity contribution in [1.29, 1.82) is 0 Å². The van der Waals surface area contributed by atoms with Crippen molar-refractivity contribution in [2.45, 2.75) is 26.1 Å². The Kier molecular flexibility index (Phi) is 6.83. The average Bonchev–Trinajstić information content (AvgIpc) is 2.59. The van der Waals surface area contributed by atoms with Gasteiger partial charge in [0, 0.05) is 5.02 Å². The van der Waals surface area contributed by atoms with Crippen molar-refractivity contribution in [3.63, 3.8) is 0 Å². The fraction of sp³-hybridized carbons (Fsp3) is 0.222. The van der Waals surface area contributed by atoms with Gasteiger partial charge in [-0.2, -0.15) is 0 Å². The van der Waals surface area contributed by atoms with E-state index < -0.39 is 29.9 Å². The summed E-state index contributed by atoms with van der Waals surface area (Å²) in [7, 11) is 0. The van der Waals surface area contributed by atoms with Gasteiger partial charge in [0.05, 0.1) is 10.7 Å². The van der Waals surface area contributed by atoms with Gasteiger partial charge < -0.3 is 14.8 Å². The van der Waals surface area contributed by atoms with E-state index in [-0.39, 0.29) is 5.02 Å². The quantitative estimate of drug-likeness (QED) is 0.727. The highest BCUT2D eigenvalue weighted by Crippen LogP contribution is 2.25. The molecule has 0 fully saturated rings. The first-order chi connectivity index (χ1) is 12.3. The summed E-state index contributed by atoms with van der Waals surface area (Å²) in [6.07, 6.45) is -2.05. The largest absolute Gasteiger partial charge is 0.479 e. The van der Waals surface area contributed by atoms with Crippen LogP contribution in [0.15, 0.2) is 42.5 Å². The number of ether oxygens (including phenoxy) is 2. The number of esters is 1. The maximum absolute atomic E-state index is 12.9. The fourth-order valence-corrected chi connectivity index (χ4v) is 2.37. The van der Waals surface area contributed by atoms with Crippen molar-refractivity contribution >= 4 is 40.8 Å². The second-order valence-corrected chi connectivity index (χ2v) is 6.25. The molecule has 0 aliphatic carbocycles. The van der Waals surface area contributed by atoms with Gasteiger partial charge in [-0.3, -0.25) is 4.79 Å². The summed E-state index contributed by atoms with van der Waals surface area (Å²) >= 11 is 11.8. The number of nitrogens with one attached hydrogen (secondary N) is 1. The molecule has 2 aromatic rings. The molecule has 0 bridgehead atoms. The third-order valence-corrected chi connectivity index (χ3v) is 3.86. The van der Waals surface area contributed by atoms with Crippen molar-refractivity contribution < 1.29 is 23.5 Å². The molecule has 0 aliphatic rings. The predicted molar refractivity (Wildman–Crippen MR) is 97.1 cm³/mol. The zero-order valence-electron chi connectivity index (χ0n) is 14.0. The fourth-order valence-electron chi connectivity index (χ4n) is 1.91. The van der Waals surface area contributed by atoms with E-state index in [2.05, 4.69) is 5.32 Å². The van der Waals surface area contributed by atoms with Crippen LogP contribution in [0, 0.1) is 5.82 Å². The lowest BCUT2D eigenvalue weighted by atomic mass is 10.3. The molecule has 0 saturated carbocycles. The van der Waals surface area contributed by atoms with E-state index in [4.69, 9.17) is 32.7 Å². The number of anilines is 1. The molecule has 1 amide bonds. The van der Waals surface area contributed by atoms with Crippen LogP contribution in [-0.4, -0.2) is 24.1 Å². The smallest absolute Gasteiger partial charge is 0.347 e. The van der Waals surface area contributed by atoms with Crippen LogP contribution in [0.5, 0.6) is 5.75 Å². The summed E-state index contributed by atoms with van der Waals surface area (Å²) in [5.41, 5.74) is 0.347. The monoisotopic (exact) mass is 399 g/mol. The van der Waals surface area contributed by atoms with Crippen LogP contribution in [0.3, 0.4) is 0 Å². The van der Waals surface area contributed by atoms with Gasteiger partial charge >= 0.3 is 5.97 Å². The number of hydrogen-bond acceptors (Lipinski definition) is 4. The lowest BCUT2D eigenvalue weighted by Crippen LogP contribution is -2.35. The number of halogens is 3. The van der Waals surface area contributed by atoms with Crippen LogP contribution >= 0.6 is 23.2 Å². The zero-order chi connectivity index (χ0) is 19.3. The van der Waals surface area contributed by atoms with E-state index in [1.807, 2.05) is 0 Å². The first-order valence-electron chi connectivity index (χ1n) is 7.65. The number of carbonyl (C=O) groups is 2. The van der Waals surface area contributed by atoms with Gasteiger partial charge in [-0.1, -0.05) is 23.2 Å². The number of amides is 1. The molecule has 8 heteroatoms. The van der Waals surface area contributed by atoms with Crippen LogP contribution < -0.4 is 10.1 Å². The zero-order valence-corrected chi connectivity index (χ0v) is 15.5. The molecule has 0 unspecified atom stereocenters. The lowest BCUT2D eigenvalue weighted by Gasteiger charge is -2.18. The molecule has 0 heterocycles. The van der Waals surface area contributed by atoms with Crippen LogP contribution in [0.25, 0.3) is 0 Å². The molecule has 1 N–H and O–H groups in total. The van der Waals surface area contributed by atoms with E-state index in [1.165, 1.54) is 50.2 Å². The van der Waals surface area contributed by atoms with E-state index in [1.54, 1.807) is 6.07 Å². The first-order valence-corrected chi connectivity index (χ1v) is 8.40. The first kappa shape index (κ1) is 20.0. The van der Waals surface area contributed by atoms with Crippen molar-refractivity contribution in [2.75, 3.05) is 5.32 Å². The molecule has 26 heavy (non-hydrogen) atoms. The molecule has 0 saturated heterocycles. The molecule has 138 valence electrons. The van der Waals surface area contributed by atoms with Crippen LogP contribution in [0.1, 0.15) is 13.8 Å². The Morgan fingerprint density at radius 2 is 1.69 bits per heavy atom. The van der Waals surface area contributed by atoms with Crippen LogP contribution in [-0.2, 0) is 14.3 Å². The molecular formula is C18H16Cl2FNO4. The SMILES string of the molecule is C[C@H](OC(=O)[C@@H](C)Oc1ccc(F)cc1)C(=O)Nc1ccc(Cl)cc1Cl. The van der Waals surface area contributed by atoms with E-state index in [9.17, 15) is 14.0 Å². The molecular weight excluding hydrogens is 384 g/mol. The summed E-state index contributed by atoms with van der Waals surface area (Å²) in [6.45, 7) is 2.88. The summed E-state index contributed by atoms with van der Waals surface area (Å²) in [5, 5.41) is 3.24. The second kappa shape index (κ2) is 8.87. The standard InChI is InChI=1S/C18H16Cl2FNO4/c1-10(17(23)22-16-8-3-12(19)9-15(16)20)26-18(24)11(2)25-14-6-4-13(21)5-7-14/h3-11H,1-2H3,(H,22,23)/t10-,11+/m0/s1. The van der Waals surface area contributed by atoms with Crippen LogP contribution in [0.2, 0.25) is 10.0 Å². The molecule has 0 aliphatic heterocycles. The Labute approximate surface area is 160 Å². The van der Waals surface area contributed by atoms with Crippen molar-refractivity contribution in [3.05, 3.63) is 58.3 Å². The van der Waals surface area contributed by atoms with Gasteiger partial charge in [0.1, 0.15) is 11.6 Å². The molecule has 2 rings (SSSR count). The Morgan fingerprint density at radius 1 is 1.04 bits per heavy atom. The maximum Gasteiger partial charge on any atom is 0.347 e. The minimum absolute atomic E-state index is 0.261. The van der Waals surface area contributed by atoms with Gasteiger partial charge in [-0.15, -0.1) is 0 Å². The average molecular weight is 400 g/mol. The number of rotatable bonds is 6. The third kappa shape index (κ3) is 5.61. The van der Waals surface area contributed by atoms with Crippen LogP contribution in [0.4, 0.5) is 10.1 Å². The Bertz CT molecular complexity index is 798. The molecule has 0 aromatic heterocycles. The molecule has 2 aromatic carbocycles. The highest BCUT2D eigenvalue weighted by molar-refractivity contribution is 6.36. The molecule has 0 radical (unpaired) electrons. The predicted octanol–water partition coefficient (Wildman–Crippen LogP) is 4.47. The van der Waals surface area contributed by atoms with Crippen molar-refractivity contribution in [1.82, 2.24) is 0 Å². The minimum Gasteiger partial charge on any atom is -0.479 e. The summed E-state index contributed by atoms with van der Waals surface area (Å²) in [5.74, 6) is -1.41. The summed E-state index contributed by atoms with van der Waals surface area (Å²) in [6, 6.07) is 9.78. The highest BCUT2D eigenvalue weighted by Gasteiger charge is 2.23. The van der Waals surface area contributed by atoms with E-state index in [0.29, 0.717) is 16.5 Å². The van der Waals surface area contributed by atoms with Gasteiger partial charge in [-0.25, -0.2) is 9.18 Å². The number of hydrogen-bond donors (Lipinski definition) is 1. The van der Waals surface area contributed by atoms with Gasteiger partial charge in [0.2, 0.25) is 0 Å². The normalized spacial score (nSPS) is 12.8. The maximum atomic E-state index is 12.9. The second-order valence-electron chi connectivity index (χ2n) is 5.41. The topological polar surface area (TPSA) is 64.6 Å². The summed E-state index contributed by atoms with van der Waals surface area (Å²) in [4.78, 5) is 24.2. The molecule has 0 spiro atoms. The lowest BCUT2D eigenvalue weighted by molar-refractivity contribution is -0.159. The number of benzene rings is 2. The minimum atomic E-state index is -1.08. The van der Waals surface area contributed by atoms with Gasteiger partial charge in [0.25, 0.3) is 5.91 Å². The number of carbonyl (C=O) groups excluding carboxylic acids is 2. The van der Waals surface area contributed by atoms with E-state index >= 15 is 0 Å². The highest BCUT2D eigenvalue weighted by atomic mass is 35.5.